The van der Waals surface area contributed by atoms with Gasteiger partial charge in [-0.1, -0.05) is 0 Å². The number of nitrogen functional groups attached to an aromatic ring is 1. The second-order valence-electron chi connectivity index (χ2n) is 5.44. The molecule has 0 saturated carbocycles. The zero-order chi connectivity index (χ0) is 17.6. The highest BCUT2D eigenvalue weighted by Crippen LogP contribution is 2.31. The van der Waals surface area contributed by atoms with E-state index in [1.807, 2.05) is 12.3 Å². The maximum atomic E-state index is 13.2. The van der Waals surface area contributed by atoms with Crippen molar-refractivity contribution in [3.05, 3.63) is 56.5 Å². The lowest BCUT2D eigenvalue weighted by Gasteiger charge is -2.06. The van der Waals surface area contributed by atoms with Crippen LogP contribution in [0.15, 0.2) is 34.1 Å². The van der Waals surface area contributed by atoms with Crippen molar-refractivity contribution in [2.45, 2.75) is 13.3 Å². The number of rotatable bonds is 3. The third-order valence-corrected chi connectivity index (χ3v) is 5.17. The number of aromatic nitrogens is 5. The molecule has 4 rings (SSSR count). The molecule has 126 valence electrons. The lowest BCUT2D eigenvalue weighted by molar-refractivity contribution is 0.628. The Morgan fingerprint density at radius 2 is 1.96 bits per heavy atom. The van der Waals surface area contributed by atoms with E-state index in [-0.39, 0.29) is 11.8 Å². The zero-order valence-corrected chi connectivity index (χ0v) is 15.5. The van der Waals surface area contributed by atoms with Crippen LogP contribution in [-0.4, -0.2) is 24.6 Å². The molecule has 25 heavy (non-hydrogen) atoms. The molecule has 0 aliphatic heterocycles. The van der Waals surface area contributed by atoms with Crippen LogP contribution in [-0.2, 0) is 6.42 Å². The zero-order valence-electron chi connectivity index (χ0n) is 13.1. The molecule has 0 amide bonds. The van der Waals surface area contributed by atoms with Gasteiger partial charge in [0.25, 0.3) is 0 Å². The summed E-state index contributed by atoms with van der Waals surface area (Å²) in [6.07, 6.45) is 0.518. The molecule has 0 fully saturated rings. The molecule has 9 heteroatoms. The van der Waals surface area contributed by atoms with E-state index in [2.05, 4.69) is 36.0 Å². The Morgan fingerprint density at radius 3 is 2.64 bits per heavy atom. The van der Waals surface area contributed by atoms with Gasteiger partial charge in [0.15, 0.2) is 11.5 Å². The van der Waals surface area contributed by atoms with Gasteiger partial charge in [0, 0.05) is 10.9 Å². The first kappa shape index (κ1) is 16.1. The van der Waals surface area contributed by atoms with Gasteiger partial charge in [0.1, 0.15) is 5.82 Å². The molecule has 0 bridgehead atoms. The Bertz CT molecular complexity index is 1070. The molecule has 0 atom stereocenters. The summed E-state index contributed by atoms with van der Waals surface area (Å²) in [7, 11) is 0. The summed E-state index contributed by atoms with van der Waals surface area (Å²) < 4.78 is 15.3. The fraction of sp³-hybridized carbons (Fsp3) is 0.125. The van der Waals surface area contributed by atoms with Gasteiger partial charge in [-0.2, -0.15) is 4.52 Å². The van der Waals surface area contributed by atoms with Crippen molar-refractivity contribution in [2.24, 2.45) is 0 Å². The number of nitrogens with zero attached hydrogens (tertiary/aromatic N) is 5. The van der Waals surface area contributed by atoms with Crippen LogP contribution in [0.4, 0.5) is 10.3 Å². The Balaban J connectivity index is 1.80. The van der Waals surface area contributed by atoms with Gasteiger partial charge in [-0.3, -0.25) is 0 Å². The third-order valence-electron chi connectivity index (χ3n) is 3.62. The van der Waals surface area contributed by atoms with E-state index >= 15 is 0 Å². The second kappa shape index (κ2) is 6.16. The fourth-order valence-electron chi connectivity index (χ4n) is 2.50. The van der Waals surface area contributed by atoms with E-state index in [0.29, 0.717) is 28.1 Å². The summed E-state index contributed by atoms with van der Waals surface area (Å²) in [5, 5.41) is 7.41. The highest BCUT2D eigenvalue weighted by atomic mass is 79.9. The largest absolute Gasteiger partial charge is 0.368 e. The van der Waals surface area contributed by atoms with Gasteiger partial charge in [0.05, 0.1) is 27.3 Å². The van der Waals surface area contributed by atoms with Gasteiger partial charge in [-0.05, 0) is 47.1 Å². The average Bonchev–Trinajstić information content (AvgIpc) is 3.19. The number of nitrogens with two attached hydrogens (primary N) is 1. The van der Waals surface area contributed by atoms with E-state index in [1.165, 1.54) is 16.6 Å². The predicted molar refractivity (Wildman–Crippen MR) is 97.9 cm³/mol. The number of hydrogen-bond donors (Lipinski definition) is 1. The highest BCUT2D eigenvalue weighted by Gasteiger charge is 2.17. The molecular weight excluding hydrogens is 407 g/mol. The van der Waals surface area contributed by atoms with Crippen molar-refractivity contribution in [2.75, 3.05) is 5.73 Å². The second-order valence-corrected chi connectivity index (χ2v) is 7.29. The summed E-state index contributed by atoms with van der Waals surface area (Å²) in [4.78, 5) is 13.4. The first-order valence-electron chi connectivity index (χ1n) is 7.39. The molecule has 6 nitrogen and oxygen atoms in total. The Morgan fingerprint density at radius 1 is 1.20 bits per heavy atom. The Kier molecular flexibility index (Phi) is 3.97. The smallest absolute Gasteiger partial charge is 0.223 e. The minimum Gasteiger partial charge on any atom is -0.368 e. The number of thiazole rings is 1. The number of anilines is 1. The molecule has 0 unspecified atom stereocenters. The van der Waals surface area contributed by atoms with Crippen LogP contribution in [0.2, 0.25) is 0 Å². The molecule has 0 saturated heterocycles. The van der Waals surface area contributed by atoms with Crippen molar-refractivity contribution in [3.63, 3.8) is 0 Å². The van der Waals surface area contributed by atoms with Crippen LogP contribution in [0.5, 0.6) is 0 Å². The van der Waals surface area contributed by atoms with Crippen LogP contribution < -0.4 is 5.73 Å². The minimum atomic E-state index is -0.308. The molecular formula is C16H12BrFN6S. The van der Waals surface area contributed by atoms with Crippen molar-refractivity contribution >= 4 is 38.9 Å². The fourth-order valence-corrected chi connectivity index (χ4v) is 3.69. The van der Waals surface area contributed by atoms with Gasteiger partial charge in [-0.25, -0.2) is 19.3 Å². The molecule has 0 aliphatic rings. The molecule has 1 aromatic carbocycles. The lowest BCUT2D eigenvalue weighted by atomic mass is 10.1. The van der Waals surface area contributed by atoms with Crippen molar-refractivity contribution in [3.8, 4) is 11.3 Å². The van der Waals surface area contributed by atoms with Crippen LogP contribution >= 0.6 is 27.3 Å². The molecule has 0 spiro atoms. The van der Waals surface area contributed by atoms with Crippen molar-refractivity contribution in [1.82, 2.24) is 24.6 Å². The first-order valence-corrected chi connectivity index (χ1v) is 9.06. The van der Waals surface area contributed by atoms with Crippen molar-refractivity contribution < 1.29 is 4.39 Å². The van der Waals surface area contributed by atoms with Gasteiger partial charge < -0.3 is 5.73 Å². The van der Waals surface area contributed by atoms with E-state index in [4.69, 9.17) is 5.73 Å². The predicted octanol–water partition coefficient (Wildman–Crippen LogP) is 3.63. The number of fused-ring (bicyclic) bond motifs is 1. The maximum absolute atomic E-state index is 13.2. The van der Waals surface area contributed by atoms with Gasteiger partial charge in [0.2, 0.25) is 5.95 Å². The van der Waals surface area contributed by atoms with Crippen LogP contribution in [0.1, 0.15) is 16.5 Å². The summed E-state index contributed by atoms with van der Waals surface area (Å²) in [5.41, 5.74) is 8.85. The quantitative estimate of drug-likeness (QED) is 0.549. The SMILES string of the molecule is Cc1nc(Cc2nc3c(Br)c(-c4ccc(F)cc4)nc(N)n3n2)cs1. The number of aryl methyl sites for hydroxylation is 1. The molecule has 4 aromatic rings. The lowest BCUT2D eigenvalue weighted by Crippen LogP contribution is -2.04. The van der Waals surface area contributed by atoms with E-state index < -0.39 is 0 Å². The van der Waals surface area contributed by atoms with Gasteiger partial charge in [-0.15, -0.1) is 16.4 Å². The topological polar surface area (TPSA) is 82.0 Å². The monoisotopic (exact) mass is 418 g/mol. The van der Waals surface area contributed by atoms with E-state index in [1.54, 1.807) is 23.5 Å². The number of halogens is 2. The summed E-state index contributed by atoms with van der Waals surface area (Å²) >= 11 is 5.11. The molecule has 3 aromatic heterocycles. The van der Waals surface area contributed by atoms with Crippen LogP contribution in [0, 0.1) is 12.7 Å². The summed E-state index contributed by atoms with van der Waals surface area (Å²) in [5.74, 6) is 0.513. The van der Waals surface area contributed by atoms with Crippen LogP contribution in [0.25, 0.3) is 16.9 Å². The number of benzene rings is 1. The number of hydrogen-bond acceptors (Lipinski definition) is 6. The normalized spacial score (nSPS) is 11.3. The molecule has 0 aliphatic carbocycles. The first-order chi connectivity index (χ1) is 12.0. The third kappa shape index (κ3) is 3.00. The maximum Gasteiger partial charge on any atom is 0.223 e. The molecule has 3 heterocycles. The van der Waals surface area contributed by atoms with E-state index in [9.17, 15) is 4.39 Å². The minimum absolute atomic E-state index is 0.214. The highest BCUT2D eigenvalue weighted by molar-refractivity contribution is 9.10. The standard InChI is InChI=1S/C16H12BrFN6S/c1-8-20-11(7-25-8)6-12-21-15-13(17)14(22-16(19)24(15)23-12)9-2-4-10(18)5-3-9/h2-5,7H,6H2,1H3,(H2,19,22). The Labute approximate surface area is 154 Å². The average molecular weight is 419 g/mol. The van der Waals surface area contributed by atoms with E-state index in [0.717, 1.165) is 16.3 Å². The van der Waals surface area contributed by atoms with Gasteiger partial charge >= 0.3 is 0 Å². The van der Waals surface area contributed by atoms with Crippen molar-refractivity contribution in [1.29, 1.82) is 0 Å². The Hall–Kier alpha value is -2.39. The van der Waals surface area contributed by atoms with Crippen LogP contribution in [0.3, 0.4) is 0 Å². The molecule has 0 radical (unpaired) electrons. The summed E-state index contributed by atoms with van der Waals surface area (Å²) in [6.45, 7) is 1.96. The summed E-state index contributed by atoms with van der Waals surface area (Å²) in [6, 6.07) is 6.05. The molecule has 2 N–H and O–H groups in total.